The molecule has 103 heavy (non-hydrogen) atoms. The first-order valence-corrected chi connectivity index (χ1v) is 34.6. The number of fused-ring (bicyclic) bond motifs is 2. The van der Waals surface area contributed by atoms with E-state index in [2.05, 4.69) is 45.9 Å². The molecule has 2 aliphatic rings. The number of ether oxygens (including phenoxy) is 11. The predicted octanol–water partition coefficient (Wildman–Crippen LogP) is 1.38. The number of nitrogens with zero attached hydrogens (tertiary/aromatic N) is 12. The van der Waals surface area contributed by atoms with Gasteiger partial charge in [0, 0.05) is 89.7 Å². The molecule has 35 heteroatoms. The third-order valence-corrected chi connectivity index (χ3v) is 16.0. The van der Waals surface area contributed by atoms with Crippen LogP contribution in [0.4, 0.5) is 11.9 Å². The first-order chi connectivity index (χ1) is 50.1. The number of anilines is 2. The van der Waals surface area contributed by atoms with Gasteiger partial charge in [-0.05, 0) is 70.5 Å². The molecule has 8 rings (SSSR count). The Bertz CT molecular complexity index is 3770. The average Bonchev–Trinajstić information content (AvgIpc) is 1.64. The summed E-state index contributed by atoms with van der Waals surface area (Å²) in [4.78, 5) is 107. The van der Waals surface area contributed by atoms with Gasteiger partial charge in [-0.2, -0.15) is 15.2 Å². The van der Waals surface area contributed by atoms with Crippen molar-refractivity contribution in [3.63, 3.8) is 0 Å². The fourth-order valence-corrected chi connectivity index (χ4v) is 10.8. The van der Waals surface area contributed by atoms with E-state index in [4.69, 9.17) is 68.6 Å². The minimum atomic E-state index is -0.730. The van der Waals surface area contributed by atoms with Gasteiger partial charge in [0.1, 0.15) is 34.9 Å². The van der Waals surface area contributed by atoms with E-state index < -0.39 is 41.4 Å². The van der Waals surface area contributed by atoms with Gasteiger partial charge in [0.15, 0.2) is 5.65 Å². The fraction of sp³-hybridized carbons (Fsp3) is 0.559. The summed E-state index contributed by atoms with van der Waals surface area (Å²) in [5.41, 5.74) is 15.2. The van der Waals surface area contributed by atoms with E-state index in [0.717, 1.165) is 56.3 Å². The van der Waals surface area contributed by atoms with Crippen LogP contribution in [0.15, 0.2) is 60.7 Å². The quantitative estimate of drug-likeness (QED) is 0.0205. The smallest absolute Gasteiger partial charge is 0.276 e. The average molecular weight is 1440 g/mol. The van der Waals surface area contributed by atoms with Crippen LogP contribution in [0.25, 0.3) is 22.2 Å². The van der Waals surface area contributed by atoms with Crippen molar-refractivity contribution in [1.82, 2.24) is 63.7 Å². The van der Waals surface area contributed by atoms with Crippen LogP contribution in [0.1, 0.15) is 73.5 Å². The first kappa shape index (κ1) is 79.7. The standard InChI is InChI=1S/C68H97N17O18/c1-5-84-55(44-49(3)77-84)65(91)75-67-73-53-46-51(62(69)89)47-57(61(53)82(67)17-8-7-16-81-54-11-10-52(63(70)90)72-64(54)74-68(81)76-66(92)56-45-50(4)78-85(56)6-2)103-23-9-15-79-18-20-80(21-19-79)22-25-94-27-29-96-31-33-98-35-37-100-39-41-102-43-42-101-40-38-99-36-34-97-32-30-95-28-26-93-24-14-71-58(86)48-83-59(87)12-13-60(83)88/h7-8,10-13,44-47H,5-6,9,14-43,48H2,1-4H3,(H2,69,89)(H2,70,90)(H,71,86)(H,73,75,91)(H,72,74,76,92)/b8-7+. The second kappa shape index (κ2) is 43.2. The highest BCUT2D eigenvalue weighted by Crippen LogP contribution is 2.32. The Kier molecular flexibility index (Phi) is 33.4. The number of hydrogen-bond acceptors (Lipinski definition) is 25. The fourth-order valence-electron chi connectivity index (χ4n) is 10.8. The summed E-state index contributed by atoms with van der Waals surface area (Å²) in [6, 6.07) is 9.70. The number of allylic oxidation sites excluding steroid dienone is 2. The van der Waals surface area contributed by atoms with Gasteiger partial charge in [0.2, 0.25) is 23.7 Å². The summed E-state index contributed by atoms with van der Waals surface area (Å²) in [5.74, 6) is -3.03. The molecule has 562 valence electrons. The Morgan fingerprint density at radius 2 is 0.981 bits per heavy atom. The Morgan fingerprint density at radius 3 is 1.46 bits per heavy atom. The maximum Gasteiger partial charge on any atom is 0.276 e. The second-order valence-corrected chi connectivity index (χ2v) is 23.5. The molecule has 7 amide bonds. The van der Waals surface area contributed by atoms with E-state index in [1.54, 1.807) is 55.8 Å². The van der Waals surface area contributed by atoms with Crippen LogP contribution >= 0.6 is 0 Å². The number of rotatable bonds is 52. The number of nitrogens with one attached hydrogen (secondary N) is 3. The third kappa shape index (κ3) is 25.7. The van der Waals surface area contributed by atoms with Crippen molar-refractivity contribution in [2.24, 2.45) is 11.5 Å². The van der Waals surface area contributed by atoms with Crippen LogP contribution in [-0.4, -0.2) is 291 Å². The molecule has 35 nitrogen and oxygen atoms in total. The number of imidazole rings is 2. The van der Waals surface area contributed by atoms with Crippen LogP contribution < -0.4 is 32.2 Å². The monoisotopic (exact) mass is 1440 g/mol. The van der Waals surface area contributed by atoms with Gasteiger partial charge in [-0.3, -0.25) is 63.4 Å². The number of nitrogens with two attached hydrogens (primary N) is 2. The molecule has 1 fully saturated rings. The van der Waals surface area contributed by atoms with E-state index in [1.807, 2.05) is 32.9 Å². The summed E-state index contributed by atoms with van der Waals surface area (Å²) in [6.07, 6.45) is 6.65. The molecule has 1 aromatic carbocycles. The lowest BCUT2D eigenvalue weighted by atomic mass is 10.1. The zero-order valence-electron chi connectivity index (χ0n) is 59.2. The molecule has 0 saturated carbocycles. The van der Waals surface area contributed by atoms with Crippen molar-refractivity contribution in [3.05, 3.63) is 94.7 Å². The number of imide groups is 1. The van der Waals surface area contributed by atoms with Gasteiger partial charge in [-0.15, -0.1) is 0 Å². The molecule has 0 spiro atoms. The van der Waals surface area contributed by atoms with Gasteiger partial charge in [-0.1, -0.05) is 12.2 Å². The molecule has 6 aromatic rings. The number of aromatic nitrogens is 9. The molecule has 1 saturated heterocycles. The Balaban J connectivity index is 0.650. The van der Waals surface area contributed by atoms with E-state index in [-0.39, 0.29) is 61.6 Å². The number of primary amides is 2. The van der Waals surface area contributed by atoms with Crippen LogP contribution in [0, 0.1) is 13.8 Å². The van der Waals surface area contributed by atoms with Crippen molar-refractivity contribution in [2.45, 2.75) is 60.3 Å². The van der Waals surface area contributed by atoms with E-state index in [1.165, 1.54) is 6.07 Å². The van der Waals surface area contributed by atoms with Crippen molar-refractivity contribution in [1.29, 1.82) is 0 Å². The Morgan fingerprint density at radius 1 is 0.524 bits per heavy atom. The van der Waals surface area contributed by atoms with Crippen molar-refractivity contribution in [2.75, 3.05) is 202 Å². The topological polar surface area (TPSA) is 403 Å². The van der Waals surface area contributed by atoms with E-state index in [0.29, 0.717) is 197 Å². The highest BCUT2D eigenvalue weighted by Gasteiger charge is 2.27. The molecule has 7 N–H and O–H groups in total. The molecule has 0 bridgehead atoms. The van der Waals surface area contributed by atoms with Gasteiger partial charge >= 0.3 is 0 Å². The number of benzene rings is 1. The largest absolute Gasteiger partial charge is 0.491 e. The minimum absolute atomic E-state index is 0.0107. The van der Waals surface area contributed by atoms with E-state index in [9.17, 15) is 33.6 Å². The van der Waals surface area contributed by atoms with Crippen molar-refractivity contribution in [3.8, 4) is 5.75 Å². The Hall–Kier alpha value is -8.98. The zero-order chi connectivity index (χ0) is 73.1. The molecule has 7 heterocycles. The van der Waals surface area contributed by atoms with Crippen LogP contribution in [-0.2, 0) is 87.9 Å². The number of amides is 7. The number of aryl methyl sites for hydroxylation is 4. The summed E-state index contributed by atoms with van der Waals surface area (Å²) >= 11 is 0. The van der Waals surface area contributed by atoms with Crippen LogP contribution in [0.5, 0.6) is 5.75 Å². The summed E-state index contributed by atoms with van der Waals surface area (Å²) in [7, 11) is 0. The van der Waals surface area contributed by atoms with Gasteiger partial charge in [0.05, 0.1) is 161 Å². The number of carbonyl (C=O) groups is 7. The maximum absolute atomic E-state index is 14.0. The van der Waals surface area contributed by atoms with Gasteiger partial charge in [0.25, 0.3) is 29.5 Å². The number of piperazine rings is 1. The lowest BCUT2D eigenvalue weighted by Crippen LogP contribution is -2.47. The molecular weight excluding hydrogens is 1340 g/mol. The lowest BCUT2D eigenvalue weighted by Gasteiger charge is -2.34. The molecule has 0 atom stereocenters. The Labute approximate surface area is 596 Å². The number of carbonyl (C=O) groups excluding carboxylic acids is 7. The van der Waals surface area contributed by atoms with Crippen LogP contribution in [0.2, 0.25) is 0 Å². The summed E-state index contributed by atoms with van der Waals surface area (Å²) in [6.45, 7) is 22.6. The highest BCUT2D eigenvalue weighted by atomic mass is 16.6. The molecule has 0 radical (unpaired) electrons. The number of pyridine rings is 1. The normalized spacial score (nSPS) is 13.6. The SMILES string of the molecule is CCn1nc(C)cc1C(=O)Nc1nc2nc(C(N)=O)ccc2n1C/C=C/Cn1c(NC(=O)c2cc(C)nn2CC)nc2cc(C(N)=O)cc(OCCCN3CCN(CCOCCOCCOCCOCCOCCOCCOCCOCCOCCOCCNC(=O)CN4C(=O)C=CC4=O)CC3)c21. The highest BCUT2D eigenvalue weighted by molar-refractivity contribution is 6.14. The molecular formula is C68H97N17O18. The summed E-state index contributed by atoms with van der Waals surface area (Å²) in [5, 5.41) is 17.3. The zero-order valence-corrected chi connectivity index (χ0v) is 59.2. The maximum atomic E-state index is 14.0. The summed E-state index contributed by atoms with van der Waals surface area (Å²) < 4.78 is 68.9. The van der Waals surface area contributed by atoms with Crippen LogP contribution in [0.3, 0.4) is 0 Å². The van der Waals surface area contributed by atoms with Gasteiger partial charge < -0.3 is 82.9 Å². The second-order valence-electron chi connectivity index (χ2n) is 23.5. The molecule has 0 aliphatic carbocycles. The molecule has 5 aromatic heterocycles. The molecule has 0 unspecified atom stereocenters. The van der Waals surface area contributed by atoms with Crippen molar-refractivity contribution < 1.29 is 85.7 Å². The lowest BCUT2D eigenvalue weighted by molar-refractivity contribution is -0.141. The molecule has 2 aliphatic heterocycles. The van der Waals surface area contributed by atoms with Gasteiger partial charge in [-0.25, -0.2) is 9.97 Å². The predicted molar refractivity (Wildman–Crippen MR) is 375 cm³/mol. The van der Waals surface area contributed by atoms with Crippen molar-refractivity contribution >= 4 is 75.4 Å². The minimum Gasteiger partial charge on any atom is -0.491 e. The van der Waals surface area contributed by atoms with E-state index >= 15 is 0 Å². The first-order valence-electron chi connectivity index (χ1n) is 34.6. The number of hydrogen-bond donors (Lipinski definition) is 5. The third-order valence-electron chi connectivity index (χ3n) is 16.0.